The maximum absolute atomic E-state index is 12.9. The van der Waals surface area contributed by atoms with E-state index in [4.69, 9.17) is 6.42 Å². The van der Waals surface area contributed by atoms with Gasteiger partial charge >= 0.3 is 0 Å². The third-order valence-corrected chi connectivity index (χ3v) is 4.76. The van der Waals surface area contributed by atoms with Crippen molar-refractivity contribution in [2.75, 3.05) is 4.90 Å². The second kappa shape index (κ2) is 7.11. The van der Waals surface area contributed by atoms with Crippen molar-refractivity contribution >= 4 is 29.0 Å². The van der Waals surface area contributed by atoms with Gasteiger partial charge in [-0.1, -0.05) is 18.1 Å². The number of carbonyl (C=O) groups is 3. The number of nitrogens with zero attached hydrogens (tertiary/aromatic N) is 2. The topological polar surface area (TPSA) is 97.6 Å². The number of benzene rings is 3. The minimum Gasteiger partial charge on any atom is -0.289 e. The molecule has 1 aliphatic rings. The van der Waals surface area contributed by atoms with E-state index in [2.05, 4.69) is 5.92 Å². The first-order valence-corrected chi connectivity index (χ1v) is 8.79. The zero-order valence-electron chi connectivity index (χ0n) is 15.4. The number of rotatable bonds is 4. The van der Waals surface area contributed by atoms with Crippen molar-refractivity contribution in [1.29, 1.82) is 0 Å². The monoisotopic (exact) mass is 396 g/mol. The van der Waals surface area contributed by atoms with E-state index in [1.54, 1.807) is 24.3 Å². The molecule has 0 bridgehead atoms. The normalized spacial score (nSPS) is 12.4. The van der Waals surface area contributed by atoms with Crippen LogP contribution in [0.15, 0.2) is 66.7 Å². The molecule has 0 atom stereocenters. The Balaban J connectivity index is 1.68. The zero-order chi connectivity index (χ0) is 21.4. The van der Waals surface area contributed by atoms with E-state index in [0.29, 0.717) is 11.3 Å². The van der Waals surface area contributed by atoms with Crippen LogP contribution in [-0.4, -0.2) is 22.5 Å². The summed E-state index contributed by atoms with van der Waals surface area (Å²) in [5, 5.41) is 10.8. The number of nitro benzene ring substituents is 1. The Kier molecular flexibility index (Phi) is 4.45. The predicted molar refractivity (Wildman–Crippen MR) is 108 cm³/mol. The molecule has 0 aromatic heterocycles. The minimum absolute atomic E-state index is 0.110. The smallest absolute Gasteiger partial charge is 0.269 e. The predicted octanol–water partition coefficient (Wildman–Crippen LogP) is 3.61. The molecule has 1 aliphatic heterocycles. The average molecular weight is 396 g/mol. The molecule has 0 fully saturated rings. The molecular weight excluding hydrogens is 384 g/mol. The van der Waals surface area contributed by atoms with Gasteiger partial charge in [-0.05, 0) is 42.5 Å². The number of hydrogen-bond donors (Lipinski definition) is 0. The Labute approximate surface area is 170 Å². The molecule has 30 heavy (non-hydrogen) atoms. The maximum atomic E-state index is 12.9. The van der Waals surface area contributed by atoms with Gasteiger partial charge in [0.2, 0.25) is 0 Å². The quantitative estimate of drug-likeness (QED) is 0.221. The fraction of sp³-hybridized carbons (Fsp3) is 0. The number of carbonyl (C=O) groups excluding carboxylic acids is 3. The molecule has 0 saturated carbocycles. The zero-order valence-corrected chi connectivity index (χ0v) is 15.4. The Morgan fingerprint density at radius 2 is 1.57 bits per heavy atom. The average Bonchev–Trinajstić information content (AvgIpc) is 3.02. The second-order valence-electron chi connectivity index (χ2n) is 6.53. The summed E-state index contributed by atoms with van der Waals surface area (Å²) in [6.45, 7) is 0. The highest BCUT2D eigenvalue weighted by atomic mass is 16.6. The van der Waals surface area contributed by atoms with Gasteiger partial charge in [0.25, 0.3) is 17.5 Å². The van der Waals surface area contributed by atoms with Crippen LogP contribution < -0.4 is 4.90 Å². The largest absolute Gasteiger partial charge is 0.289 e. The van der Waals surface area contributed by atoms with Crippen LogP contribution in [0.5, 0.6) is 0 Å². The van der Waals surface area contributed by atoms with Gasteiger partial charge in [0, 0.05) is 28.8 Å². The fourth-order valence-corrected chi connectivity index (χ4v) is 3.25. The highest BCUT2D eigenvalue weighted by Crippen LogP contribution is 2.30. The number of terminal acetylenes is 1. The van der Waals surface area contributed by atoms with Crippen molar-refractivity contribution in [3.05, 3.63) is 105 Å². The number of nitro groups is 1. The summed E-state index contributed by atoms with van der Waals surface area (Å²) in [5.74, 6) is 0.988. The van der Waals surface area contributed by atoms with Gasteiger partial charge in [-0.15, -0.1) is 6.42 Å². The lowest BCUT2D eigenvalue weighted by molar-refractivity contribution is -0.384. The molecule has 144 valence electrons. The van der Waals surface area contributed by atoms with Crippen molar-refractivity contribution in [3.63, 3.8) is 0 Å². The van der Waals surface area contributed by atoms with Crippen molar-refractivity contribution in [2.45, 2.75) is 0 Å². The van der Waals surface area contributed by atoms with Crippen LogP contribution >= 0.6 is 0 Å². The van der Waals surface area contributed by atoms with E-state index in [1.807, 2.05) is 0 Å². The van der Waals surface area contributed by atoms with Gasteiger partial charge in [-0.25, -0.2) is 4.90 Å². The van der Waals surface area contributed by atoms with Gasteiger partial charge in [0.1, 0.15) is 0 Å². The number of imide groups is 1. The molecule has 0 aliphatic carbocycles. The van der Waals surface area contributed by atoms with Crippen LogP contribution in [0, 0.1) is 22.5 Å². The van der Waals surface area contributed by atoms with Crippen LogP contribution in [0.3, 0.4) is 0 Å². The van der Waals surface area contributed by atoms with Gasteiger partial charge in [0.05, 0.1) is 21.7 Å². The molecule has 7 heteroatoms. The lowest BCUT2D eigenvalue weighted by atomic mass is 9.99. The molecule has 4 rings (SSSR count). The summed E-state index contributed by atoms with van der Waals surface area (Å²) < 4.78 is 0. The highest BCUT2D eigenvalue weighted by molar-refractivity contribution is 6.35. The van der Waals surface area contributed by atoms with Crippen LogP contribution in [0.25, 0.3) is 0 Å². The van der Waals surface area contributed by atoms with Crippen molar-refractivity contribution in [2.24, 2.45) is 0 Å². The second-order valence-corrected chi connectivity index (χ2v) is 6.53. The number of fused-ring (bicyclic) bond motifs is 1. The van der Waals surface area contributed by atoms with E-state index in [0.717, 1.165) is 4.90 Å². The standard InChI is InChI=1S/C23H12N2O5/c1-2-14-4-3-5-18(12-14)24-22(27)19-11-8-16(13-20(19)23(24)28)21(26)15-6-9-17(10-7-15)25(29)30/h1,3-13H. The summed E-state index contributed by atoms with van der Waals surface area (Å²) in [6.07, 6.45) is 5.39. The Hall–Kier alpha value is -4.57. The molecule has 0 radical (unpaired) electrons. The van der Waals surface area contributed by atoms with E-state index < -0.39 is 22.5 Å². The van der Waals surface area contributed by atoms with Crippen molar-refractivity contribution in [3.8, 4) is 12.3 Å². The van der Waals surface area contributed by atoms with E-state index in [9.17, 15) is 24.5 Å². The van der Waals surface area contributed by atoms with Crippen LogP contribution in [-0.2, 0) is 0 Å². The van der Waals surface area contributed by atoms with Crippen molar-refractivity contribution in [1.82, 2.24) is 0 Å². The summed E-state index contributed by atoms with van der Waals surface area (Å²) in [4.78, 5) is 49.7. The van der Waals surface area contributed by atoms with Gasteiger partial charge < -0.3 is 0 Å². The van der Waals surface area contributed by atoms with Crippen LogP contribution in [0.4, 0.5) is 11.4 Å². The Morgan fingerprint density at radius 1 is 0.900 bits per heavy atom. The third-order valence-electron chi connectivity index (χ3n) is 4.76. The van der Waals surface area contributed by atoms with Crippen LogP contribution in [0.2, 0.25) is 0 Å². The first kappa shape index (κ1) is 18.8. The number of anilines is 1. The number of non-ortho nitro benzene ring substituents is 1. The van der Waals surface area contributed by atoms with E-state index >= 15 is 0 Å². The maximum Gasteiger partial charge on any atom is 0.269 e. The van der Waals surface area contributed by atoms with E-state index in [1.165, 1.54) is 42.5 Å². The Morgan fingerprint density at radius 3 is 2.23 bits per heavy atom. The van der Waals surface area contributed by atoms with Gasteiger partial charge in [0.15, 0.2) is 5.78 Å². The first-order chi connectivity index (χ1) is 14.4. The lowest BCUT2D eigenvalue weighted by Gasteiger charge is -2.13. The fourth-order valence-electron chi connectivity index (χ4n) is 3.25. The van der Waals surface area contributed by atoms with Crippen LogP contribution in [0.1, 0.15) is 42.2 Å². The van der Waals surface area contributed by atoms with E-state index in [-0.39, 0.29) is 27.9 Å². The molecule has 7 nitrogen and oxygen atoms in total. The SMILES string of the molecule is C#Cc1cccc(N2C(=O)c3ccc(C(=O)c4ccc([N+](=O)[O-])cc4)cc3C2=O)c1. The number of amides is 2. The lowest BCUT2D eigenvalue weighted by Crippen LogP contribution is -2.29. The summed E-state index contributed by atoms with van der Waals surface area (Å²) in [5.41, 5.74) is 1.47. The summed E-state index contributed by atoms with van der Waals surface area (Å²) in [6, 6.07) is 15.9. The number of hydrogen-bond acceptors (Lipinski definition) is 5. The van der Waals surface area contributed by atoms with Gasteiger partial charge in [-0.3, -0.25) is 24.5 Å². The molecular formula is C23H12N2O5. The first-order valence-electron chi connectivity index (χ1n) is 8.79. The number of ketones is 1. The van der Waals surface area contributed by atoms with Crippen molar-refractivity contribution < 1.29 is 19.3 Å². The molecule has 2 amide bonds. The summed E-state index contributed by atoms with van der Waals surface area (Å²) >= 11 is 0. The molecule has 0 saturated heterocycles. The summed E-state index contributed by atoms with van der Waals surface area (Å²) in [7, 11) is 0. The van der Waals surface area contributed by atoms with Gasteiger partial charge in [-0.2, -0.15) is 0 Å². The molecule has 3 aromatic carbocycles. The molecule has 0 unspecified atom stereocenters. The minimum atomic E-state index is -0.558. The molecule has 0 N–H and O–H groups in total. The highest BCUT2D eigenvalue weighted by Gasteiger charge is 2.37. The molecule has 0 spiro atoms. The molecule has 1 heterocycles. The molecule has 3 aromatic rings. The third kappa shape index (κ3) is 3.02. The Bertz CT molecular complexity index is 1290.